The minimum atomic E-state index is 0.521. The van der Waals surface area contributed by atoms with Crippen molar-refractivity contribution in [2.75, 3.05) is 20.3 Å². The van der Waals surface area contributed by atoms with Gasteiger partial charge in [0.2, 0.25) is 0 Å². The van der Waals surface area contributed by atoms with E-state index in [2.05, 4.69) is 19.3 Å². The zero-order valence-corrected chi connectivity index (χ0v) is 11.7. The van der Waals surface area contributed by atoms with Crippen molar-refractivity contribution in [1.29, 1.82) is 0 Å². The predicted molar refractivity (Wildman–Crippen MR) is 71.8 cm³/mol. The SMILES string of the molecule is CCOc1cc(CNOCC(C)C)ccc1OC. The van der Waals surface area contributed by atoms with E-state index >= 15 is 0 Å². The van der Waals surface area contributed by atoms with Crippen molar-refractivity contribution in [3.63, 3.8) is 0 Å². The van der Waals surface area contributed by atoms with Crippen LogP contribution >= 0.6 is 0 Å². The minimum Gasteiger partial charge on any atom is -0.493 e. The molecule has 18 heavy (non-hydrogen) atoms. The van der Waals surface area contributed by atoms with Crippen molar-refractivity contribution < 1.29 is 14.3 Å². The first-order valence-electron chi connectivity index (χ1n) is 6.31. The summed E-state index contributed by atoms with van der Waals surface area (Å²) in [6, 6.07) is 5.87. The number of benzene rings is 1. The molecule has 1 aromatic rings. The van der Waals surface area contributed by atoms with Gasteiger partial charge in [-0.25, -0.2) is 0 Å². The fraction of sp³-hybridized carbons (Fsp3) is 0.571. The van der Waals surface area contributed by atoms with Crippen LogP contribution in [0.15, 0.2) is 18.2 Å². The Morgan fingerprint density at radius 1 is 1.22 bits per heavy atom. The van der Waals surface area contributed by atoms with E-state index in [1.54, 1.807) is 7.11 Å². The topological polar surface area (TPSA) is 39.7 Å². The van der Waals surface area contributed by atoms with Gasteiger partial charge in [-0.2, -0.15) is 5.48 Å². The van der Waals surface area contributed by atoms with E-state index in [-0.39, 0.29) is 0 Å². The normalized spacial score (nSPS) is 10.7. The van der Waals surface area contributed by atoms with Gasteiger partial charge in [0.15, 0.2) is 11.5 Å². The van der Waals surface area contributed by atoms with Crippen molar-refractivity contribution in [1.82, 2.24) is 5.48 Å². The van der Waals surface area contributed by atoms with Gasteiger partial charge in [-0.15, -0.1) is 0 Å². The highest BCUT2D eigenvalue weighted by Gasteiger charge is 2.05. The fourth-order valence-corrected chi connectivity index (χ4v) is 1.46. The van der Waals surface area contributed by atoms with Gasteiger partial charge in [0, 0.05) is 6.54 Å². The first-order valence-corrected chi connectivity index (χ1v) is 6.31. The number of methoxy groups -OCH3 is 1. The second-order valence-corrected chi connectivity index (χ2v) is 4.44. The maximum atomic E-state index is 5.52. The molecule has 0 aromatic heterocycles. The monoisotopic (exact) mass is 253 g/mol. The number of nitrogens with one attached hydrogen (secondary N) is 1. The van der Waals surface area contributed by atoms with Crippen LogP contribution in [0.3, 0.4) is 0 Å². The maximum Gasteiger partial charge on any atom is 0.161 e. The van der Waals surface area contributed by atoms with Gasteiger partial charge in [-0.05, 0) is 30.5 Å². The molecule has 0 amide bonds. The minimum absolute atomic E-state index is 0.521. The predicted octanol–water partition coefficient (Wildman–Crippen LogP) is 2.77. The molecule has 0 heterocycles. The number of hydrogen-bond acceptors (Lipinski definition) is 4. The lowest BCUT2D eigenvalue weighted by molar-refractivity contribution is 0.0196. The van der Waals surface area contributed by atoms with Crippen molar-refractivity contribution >= 4 is 0 Å². The summed E-state index contributed by atoms with van der Waals surface area (Å²) in [4.78, 5) is 5.33. The number of ether oxygens (including phenoxy) is 2. The van der Waals surface area contributed by atoms with Gasteiger partial charge >= 0.3 is 0 Å². The lowest BCUT2D eigenvalue weighted by atomic mass is 10.2. The standard InChI is InChI=1S/C14H23NO3/c1-5-17-14-8-12(6-7-13(14)16-4)9-15-18-10-11(2)3/h6-8,11,15H,5,9-10H2,1-4H3. The third kappa shape index (κ3) is 4.94. The highest BCUT2D eigenvalue weighted by Crippen LogP contribution is 2.27. The molecule has 0 atom stereocenters. The van der Waals surface area contributed by atoms with Crippen LogP contribution < -0.4 is 15.0 Å². The Kier molecular flexibility index (Phi) is 6.54. The molecule has 0 aliphatic carbocycles. The van der Waals surface area contributed by atoms with E-state index in [0.29, 0.717) is 25.7 Å². The fourth-order valence-electron chi connectivity index (χ4n) is 1.46. The molecule has 102 valence electrons. The third-order valence-corrected chi connectivity index (χ3v) is 2.32. The van der Waals surface area contributed by atoms with Crippen molar-refractivity contribution in [3.05, 3.63) is 23.8 Å². The average Bonchev–Trinajstić information content (AvgIpc) is 2.35. The summed E-state index contributed by atoms with van der Waals surface area (Å²) < 4.78 is 10.8. The summed E-state index contributed by atoms with van der Waals surface area (Å²) in [5, 5.41) is 0. The molecule has 1 N–H and O–H groups in total. The first kappa shape index (κ1) is 14.8. The van der Waals surface area contributed by atoms with E-state index in [4.69, 9.17) is 14.3 Å². The molecule has 0 fully saturated rings. The molecule has 0 spiro atoms. The molecule has 0 bridgehead atoms. The molecular weight excluding hydrogens is 230 g/mol. The maximum absolute atomic E-state index is 5.52. The second kappa shape index (κ2) is 7.95. The zero-order valence-electron chi connectivity index (χ0n) is 11.7. The Morgan fingerprint density at radius 3 is 2.61 bits per heavy atom. The van der Waals surface area contributed by atoms with Gasteiger partial charge < -0.3 is 14.3 Å². The lowest BCUT2D eigenvalue weighted by Crippen LogP contribution is -2.17. The molecule has 0 saturated heterocycles. The van der Waals surface area contributed by atoms with Crippen molar-refractivity contribution in [3.8, 4) is 11.5 Å². The summed E-state index contributed by atoms with van der Waals surface area (Å²) in [7, 11) is 1.64. The largest absolute Gasteiger partial charge is 0.493 e. The Balaban J connectivity index is 2.53. The third-order valence-electron chi connectivity index (χ3n) is 2.32. The van der Waals surface area contributed by atoms with Crippen LogP contribution in [0, 0.1) is 5.92 Å². The average molecular weight is 253 g/mol. The van der Waals surface area contributed by atoms with Crippen LogP contribution in [0.1, 0.15) is 26.3 Å². The van der Waals surface area contributed by atoms with Gasteiger partial charge in [-0.1, -0.05) is 19.9 Å². The highest BCUT2D eigenvalue weighted by atomic mass is 16.6. The number of hydrogen-bond donors (Lipinski definition) is 1. The van der Waals surface area contributed by atoms with Gasteiger partial charge in [-0.3, -0.25) is 0 Å². The number of hydroxylamine groups is 1. The Bertz CT molecular complexity index is 353. The van der Waals surface area contributed by atoms with E-state index in [1.807, 2.05) is 25.1 Å². The summed E-state index contributed by atoms with van der Waals surface area (Å²) >= 11 is 0. The molecule has 1 aromatic carbocycles. The van der Waals surface area contributed by atoms with Gasteiger partial charge in [0.1, 0.15) is 0 Å². The van der Waals surface area contributed by atoms with E-state index < -0.39 is 0 Å². The second-order valence-electron chi connectivity index (χ2n) is 4.44. The quantitative estimate of drug-likeness (QED) is 0.571. The lowest BCUT2D eigenvalue weighted by Gasteiger charge is -2.12. The Morgan fingerprint density at radius 2 is 2.00 bits per heavy atom. The van der Waals surface area contributed by atoms with Crippen LogP contribution in [0.25, 0.3) is 0 Å². The van der Waals surface area contributed by atoms with Crippen LogP contribution in [-0.2, 0) is 11.4 Å². The molecular formula is C14H23NO3. The molecule has 1 rings (SSSR count). The smallest absolute Gasteiger partial charge is 0.161 e. The van der Waals surface area contributed by atoms with Crippen LogP contribution in [-0.4, -0.2) is 20.3 Å². The van der Waals surface area contributed by atoms with E-state index in [9.17, 15) is 0 Å². The van der Waals surface area contributed by atoms with Crippen molar-refractivity contribution in [2.24, 2.45) is 5.92 Å². The molecule has 0 aliphatic heterocycles. The molecule has 0 aliphatic rings. The molecule has 4 nitrogen and oxygen atoms in total. The molecule has 0 radical (unpaired) electrons. The zero-order chi connectivity index (χ0) is 13.4. The summed E-state index contributed by atoms with van der Waals surface area (Å²) in [5.74, 6) is 2.04. The van der Waals surface area contributed by atoms with Gasteiger partial charge in [0.05, 0.1) is 20.3 Å². The summed E-state index contributed by atoms with van der Waals surface area (Å²) in [6.07, 6.45) is 0. The molecule has 4 heteroatoms. The molecule has 0 unspecified atom stereocenters. The van der Waals surface area contributed by atoms with E-state index in [0.717, 1.165) is 17.1 Å². The molecule has 0 saturated carbocycles. The highest BCUT2D eigenvalue weighted by molar-refractivity contribution is 5.42. The summed E-state index contributed by atoms with van der Waals surface area (Å²) in [6.45, 7) is 8.16. The first-order chi connectivity index (χ1) is 8.67. The van der Waals surface area contributed by atoms with Crippen molar-refractivity contribution in [2.45, 2.75) is 27.3 Å². The van der Waals surface area contributed by atoms with E-state index in [1.165, 1.54) is 0 Å². The van der Waals surface area contributed by atoms with Crippen LogP contribution in [0.5, 0.6) is 11.5 Å². The van der Waals surface area contributed by atoms with Crippen LogP contribution in [0.2, 0.25) is 0 Å². The Labute approximate surface area is 109 Å². The Hall–Kier alpha value is -1.26. The number of rotatable bonds is 8. The van der Waals surface area contributed by atoms with Crippen LogP contribution in [0.4, 0.5) is 0 Å². The summed E-state index contributed by atoms with van der Waals surface area (Å²) in [5.41, 5.74) is 4.04. The van der Waals surface area contributed by atoms with Gasteiger partial charge in [0.25, 0.3) is 0 Å².